The fourth-order valence-electron chi connectivity index (χ4n) is 2.27. The van der Waals surface area contributed by atoms with Gasteiger partial charge < -0.3 is 19.7 Å². The summed E-state index contributed by atoms with van der Waals surface area (Å²) in [6.45, 7) is 3.88. The number of guanidine groups is 1. The summed E-state index contributed by atoms with van der Waals surface area (Å²) in [5, 5.41) is 3.39. The Kier molecular flexibility index (Phi) is 8.18. The second-order valence-corrected chi connectivity index (χ2v) is 5.21. The van der Waals surface area contributed by atoms with Gasteiger partial charge in [0, 0.05) is 38.8 Å². The van der Waals surface area contributed by atoms with Crippen molar-refractivity contribution < 1.29 is 9.47 Å². The number of rotatable bonds is 8. The first-order chi connectivity index (χ1) is 10.7. The highest BCUT2D eigenvalue weighted by Gasteiger charge is 2.10. The minimum Gasteiger partial charge on any atom is -0.497 e. The Balaban J connectivity index is 2.67. The first-order valence-corrected chi connectivity index (χ1v) is 7.78. The smallest absolute Gasteiger partial charge is 0.193 e. The molecule has 0 aliphatic rings. The molecule has 124 valence electrons. The number of aliphatic imine (C=N–C) groups is 1. The molecule has 5 nitrogen and oxygen atoms in total. The molecule has 0 bridgehead atoms. The van der Waals surface area contributed by atoms with Crippen LogP contribution in [0.15, 0.2) is 23.2 Å². The van der Waals surface area contributed by atoms with Gasteiger partial charge in [-0.1, -0.05) is 19.8 Å². The largest absolute Gasteiger partial charge is 0.497 e. The average Bonchev–Trinajstić information content (AvgIpc) is 2.55. The zero-order chi connectivity index (χ0) is 16.4. The molecule has 0 amide bonds. The number of benzene rings is 1. The van der Waals surface area contributed by atoms with Gasteiger partial charge in [0.05, 0.1) is 14.2 Å². The van der Waals surface area contributed by atoms with Crippen LogP contribution >= 0.6 is 0 Å². The zero-order valence-electron chi connectivity index (χ0n) is 14.5. The van der Waals surface area contributed by atoms with Gasteiger partial charge in [0.15, 0.2) is 5.96 Å². The van der Waals surface area contributed by atoms with Crippen molar-refractivity contribution in [3.63, 3.8) is 0 Å². The van der Waals surface area contributed by atoms with Crippen LogP contribution in [0.25, 0.3) is 0 Å². The maximum absolute atomic E-state index is 5.45. The van der Waals surface area contributed by atoms with Gasteiger partial charge in [-0.2, -0.15) is 0 Å². The average molecular weight is 307 g/mol. The first-order valence-electron chi connectivity index (χ1n) is 7.78. The quantitative estimate of drug-likeness (QED) is 0.456. The van der Waals surface area contributed by atoms with E-state index >= 15 is 0 Å². The van der Waals surface area contributed by atoms with E-state index in [1.165, 1.54) is 12.8 Å². The lowest BCUT2D eigenvalue weighted by molar-refractivity contribution is 0.382. The molecule has 0 aromatic heterocycles. The van der Waals surface area contributed by atoms with E-state index in [2.05, 4.69) is 22.1 Å². The molecule has 0 unspecified atom stereocenters. The third-order valence-corrected chi connectivity index (χ3v) is 3.54. The molecule has 5 heteroatoms. The predicted molar refractivity (Wildman–Crippen MR) is 91.9 cm³/mol. The fourth-order valence-corrected chi connectivity index (χ4v) is 2.27. The summed E-state index contributed by atoms with van der Waals surface area (Å²) in [7, 11) is 7.17. The second kappa shape index (κ2) is 9.92. The van der Waals surface area contributed by atoms with Crippen molar-refractivity contribution in [1.82, 2.24) is 10.2 Å². The van der Waals surface area contributed by atoms with Gasteiger partial charge in [-0.3, -0.25) is 4.99 Å². The molecule has 0 saturated carbocycles. The summed E-state index contributed by atoms with van der Waals surface area (Å²) in [5.41, 5.74) is 1.10. The van der Waals surface area contributed by atoms with Crippen LogP contribution in [0.3, 0.4) is 0 Å². The molecular weight excluding hydrogens is 278 g/mol. The van der Waals surface area contributed by atoms with Gasteiger partial charge in [0.25, 0.3) is 0 Å². The van der Waals surface area contributed by atoms with Crippen LogP contribution in [0.4, 0.5) is 0 Å². The summed E-state index contributed by atoms with van der Waals surface area (Å²) < 4.78 is 10.7. The van der Waals surface area contributed by atoms with Crippen LogP contribution in [-0.4, -0.2) is 45.7 Å². The van der Waals surface area contributed by atoms with Gasteiger partial charge in [0.1, 0.15) is 11.5 Å². The van der Waals surface area contributed by atoms with E-state index in [1.807, 2.05) is 32.3 Å². The maximum Gasteiger partial charge on any atom is 0.193 e. The normalized spacial score (nSPS) is 11.2. The Morgan fingerprint density at radius 3 is 2.59 bits per heavy atom. The Morgan fingerprint density at radius 1 is 1.23 bits per heavy atom. The molecule has 0 aliphatic heterocycles. The highest BCUT2D eigenvalue weighted by atomic mass is 16.5. The first kappa shape index (κ1) is 18.1. The third kappa shape index (κ3) is 5.47. The van der Waals surface area contributed by atoms with Gasteiger partial charge in [0.2, 0.25) is 0 Å². The Hall–Kier alpha value is -1.91. The number of hydrogen-bond acceptors (Lipinski definition) is 3. The number of unbranched alkanes of at least 4 members (excludes halogenated alkanes) is 2. The lowest BCUT2D eigenvalue weighted by Gasteiger charge is -2.23. The Labute approximate surface area is 134 Å². The van der Waals surface area contributed by atoms with Crippen LogP contribution in [0.2, 0.25) is 0 Å². The van der Waals surface area contributed by atoms with E-state index in [0.717, 1.165) is 42.5 Å². The minimum absolute atomic E-state index is 0.723. The van der Waals surface area contributed by atoms with Crippen molar-refractivity contribution in [3.8, 4) is 11.5 Å². The highest BCUT2D eigenvalue weighted by molar-refractivity contribution is 5.79. The Morgan fingerprint density at radius 2 is 2.00 bits per heavy atom. The van der Waals surface area contributed by atoms with Crippen molar-refractivity contribution in [2.45, 2.75) is 32.7 Å². The van der Waals surface area contributed by atoms with E-state index in [-0.39, 0.29) is 0 Å². The molecular formula is C17H29N3O2. The van der Waals surface area contributed by atoms with Gasteiger partial charge in [-0.15, -0.1) is 0 Å². The van der Waals surface area contributed by atoms with Crippen LogP contribution < -0.4 is 14.8 Å². The van der Waals surface area contributed by atoms with Crippen molar-refractivity contribution in [2.75, 3.05) is 34.9 Å². The molecule has 0 saturated heterocycles. The molecule has 1 aromatic carbocycles. The van der Waals surface area contributed by atoms with Crippen LogP contribution in [0.5, 0.6) is 11.5 Å². The molecule has 0 fully saturated rings. The predicted octanol–water partition coefficient (Wildman–Crippen LogP) is 2.90. The monoisotopic (exact) mass is 307 g/mol. The van der Waals surface area contributed by atoms with E-state index in [4.69, 9.17) is 9.47 Å². The molecule has 0 aliphatic carbocycles. The summed E-state index contributed by atoms with van der Waals surface area (Å²) in [5.74, 6) is 2.52. The summed E-state index contributed by atoms with van der Waals surface area (Å²) in [6, 6.07) is 5.88. The molecule has 1 rings (SSSR count). The highest BCUT2D eigenvalue weighted by Crippen LogP contribution is 2.25. The van der Waals surface area contributed by atoms with E-state index in [0.29, 0.717) is 0 Å². The van der Waals surface area contributed by atoms with E-state index in [1.54, 1.807) is 14.2 Å². The van der Waals surface area contributed by atoms with Crippen LogP contribution in [0, 0.1) is 0 Å². The number of nitrogens with one attached hydrogen (secondary N) is 1. The molecule has 0 radical (unpaired) electrons. The summed E-state index contributed by atoms with van der Waals surface area (Å²) in [4.78, 5) is 6.43. The lowest BCUT2D eigenvalue weighted by Crippen LogP contribution is -2.38. The molecule has 0 atom stereocenters. The molecule has 0 heterocycles. The van der Waals surface area contributed by atoms with Gasteiger partial charge in [-0.05, 0) is 18.6 Å². The summed E-state index contributed by atoms with van der Waals surface area (Å²) >= 11 is 0. The van der Waals surface area contributed by atoms with E-state index in [9.17, 15) is 0 Å². The van der Waals surface area contributed by atoms with Gasteiger partial charge in [-0.25, -0.2) is 0 Å². The molecule has 1 N–H and O–H groups in total. The number of hydrogen-bond donors (Lipinski definition) is 1. The Bertz CT molecular complexity index is 475. The molecule has 1 aromatic rings. The maximum atomic E-state index is 5.45. The van der Waals surface area contributed by atoms with Crippen LogP contribution in [-0.2, 0) is 6.54 Å². The molecule has 0 spiro atoms. The second-order valence-electron chi connectivity index (χ2n) is 5.21. The van der Waals surface area contributed by atoms with Crippen molar-refractivity contribution in [2.24, 2.45) is 4.99 Å². The molecule has 22 heavy (non-hydrogen) atoms. The zero-order valence-corrected chi connectivity index (χ0v) is 14.5. The van der Waals surface area contributed by atoms with Crippen molar-refractivity contribution >= 4 is 5.96 Å². The number of ether oxygens (including phenoxy) is 2. The minimum atomic E-state index is 0.723. The van der Waals surface area contributed by atoms with Crippen LogP contribution in [0.1, 0.15) is 31.7 Å². The van der Waals surface area contributed by atoms with Gasteiger partial charge >= 0.3 is 0 Å². The number of methoxy groups -OCH3 is 2. The van der Waals surface area contributed by atoms with E-state index < -0.39 is 0 Å². The SMILES string of the molecule is CCCCCNC(=NC)N(C)Cc1ccc(OC)cc1OC. The summed E-state index contributed by atoms with van der Waals surface area (Å²) in [6.07, 6.45) is 3.62. The number of nitrogens with zero attached hydrogens (tertiary/aromatic N) is 2. The third-order valence-electron chi connectivity index (χ3n) is 3.54. The van der Waals surface area contributed by atoms with Crippen molar-refractivity contribution in [3.05, 3.63) is 23.8 Å². The standard InChI is InChI=1S/C17H29N3O2/c1-6-7-8-11-19-17(18-2)20(3)13-14-9-10-15(21-4)12-16(14)22-5/h9-10,12H,6-8,11,13H2,1-5H3,(H,18,19). The fraction of sp³-hybridized carbons (Fsp3) is 0.588. The topological polar surface area (TPSA) is 46.1 Å². The van der Waals surface area contributed by atoms with Crippen molar-refractivity contribution in [1.29, 1.82) is 0 Å². The lowest BCUT2D eigenvalue weighted by atomic mass is 10.2.